The van der Waals surface area contributed by atoms with Gasteiger partial charge in [0.05, 0.1) is 6.04 Å². The number of rotatable bonds is 5. The molecule has 0 saturated heterocycles. The Labute approximate surface area is 109 Å². The summed E-state index contributed by atoms with van der Waals surface area (Å²) in [4.78, 5) is 0. The fourth-order valence-corrected chi connectivity index (χ4v) is 2.03. The molecule has 0 saturated carbocycles. The Morgan fingerprint density at radius 1 is 0.944 bits per heavy atom. The van der Waals surface area contributed by atoms with Crippen LogP contribution >= 0.6 is 0 Å². The molecule has 0 aliphatic heterocycles. The Hall–Kier alpha value is -2.02. The zero-order chi connectivity index (χ0) is 12.8. The Morgan fingerprint density at radius 3 is 2.06 bits per heavy atom. The highest BCUT2D eigenvalue weighted by molar-refractivity contribution is 5.45. The van der Waals surface area contributed by atoms with Gasteiger partial charge in [-0.2, -0.15) is 0 Å². The zero-order valence-corrected chi connectivity index (χ0v) is 10.7. The van der Waals surface area contributed by atoms with E-state index in [1.807, 2.05) is 30.3 Å². The van der Waals surface area contributed by atoms with Crippen LogP contribution in [0.15, 0.2) is 73.3 Å². The van der Waals surface area contributed by atoms with Crippen LogP contribution in [0.4, 0.5) is 5.69 Å². The van der Waals surface area contributed by atoms with E-state index in [0.29, 0.717) is 5.92 Å². The zero-order valence-electron chi connectivity index (χ0n) is 10.7. The van der Waals surface area contributed by atoms with Crippen LogP contribution in [0.3, 0.4) is 0 Å². The van der Waals surface area contributed by atoms with Crippen LogP contribution in [-0.4, -0.2) is 0 Å². The molecule has 0 spiro atoms. The molecule has 0 radical (unpaired) electrons. The van der Waals surface area contributed by atoms with Gasteiger partial charge in [-0.25, -0.2) is 0 Å². The highest BCUT2D eigenvalue weighted by Crippen LogP contribution is 2.27. The second-order valence-electron chi connectivity index (χ2n) is 4.49. The van der Waals surface area contributed by atoms with Gasteiger partial charge in [0.25, 0.3) is 0 Å². The molecule has 0 bridgehead atoms. The van der Waals surface area contributed by atoms with Crippen molar-refractivity contribution >= 4 is 5.69 Å². The maximum absolute atomic E-state index is 3.91. The summed E-state index contributed by atoms with van der Waals surface area (Å²) in [6.45, 7) is 6.09. The molecule has 2 rings (SSSR count). The van der Waals surface area contributed by atoms with Crippen molar-refractivity contribution in [3.8, 4) is 0 Å². The molecule has 2 atom stereocenters. The summed E-state index contributed by atoms with van der Waals surface area (Å²) in [7, 11) is 0. The minimum absolute atomic E-state index is 0.256. The van der Waals surface area contributed by atoms with Crippen LogP contribution in [0.5, 0.6) is 0 Å². The Kier molecular flexibility index (Phi) is 4.19. The van der Waals surface area contributed by atoms with Gasteiger partial charge >= 0.3 is 0 Å². The topological polar surface area (TPSA) is 12.0 Å². The van der Waals surface area contributed by atoms with Gasteiger partial charge in [0, 0.05) is 5.69 Å². The largest absolute Gasteiger partial charge is 0.378 e. The summed E-state index contributed by atoms with van der Waals surface area (Å²) in [5.74, 6) is 0.368. The first-order chi connectivity index (χ1) is 8.81. The lowest BCUT2D eigenvalue weighted by Gasteiger charge is -2.24. The summed E-state index contributed by atoms with van der Waals surface area (Å²) in [5, 5.41) is 3.57. The molecule has 0 aliphatic carbocycles. The lowest BCUT2D eigenvalue weighted by atomic mass is 9.94. The van der Waals surface area contributed by atoms with Crippen LogP contribution in [0.2, 0.25) is 0 Å². The molecule has 1 nitrogen and oxygen atoms in total. The number of nitrogens with one attached hydrogen (secondary N) is 1. The minimum atomic E-state index is 0.256. The number of hydrogen-bond donors (Lipinski definition) is 1. The highest BCUT2D eigenvalue weighted by Gasteiger charge is 2.16. The molecule has 2 aromatic carbocycles. The number of anilines is 1. The van der Waals surface area contributed by atoms with Crippen molar-refractivity contribution in [1.82, 2.24) is 0 Å². The maximum atomic E-state index is 3.91. The molecule has 18 heavy (non-hydrogen) atoms. The average Bonchev–Trinajstić information content (AvgIpc) is 2.46. The minimum Gasteiger partial charge on any atom is -0.378 e. The van der Waals surface area contributed by atoms with Gasteiger partial charge in [-0.1, -0.05) is 61.5 Å². The standard InChI is InChI=1S/C17H19N/c1-3-14(2)17(15-10-6-4-7-11-15)18-16-12-8-5-9-13-16/h3-14,17-18H,1H2,2H3/t14-,17-/m1/s1. The monoisotopic (exact) mass is 237 g/mol. The maximum Gasteiger partial charge on any atom is 0.0573 e. The van der Waals surface area contributed by atoms with Crippen LogP contribution < -0.4 is 5.32 Å². The van der Waals surface area contributed by atoms with Crippen LogP contribution in [0.1, 0.15) is 18.5 Å². The number of hydrogen-bond acceptors (Lipinski definition) is 1. The van der Waals surface area contributed by atoms with Crippen molar-refractivity contribution in [2.24, 2.45) is 5.92 Å². The molecular formula is C17H19N. The molecule has 1 heteroatoms. The quantitative estimate of drug-likeness (QED) is 0.746. The van der Waals surface area contributed by atoms with Crippen LogP contribution in [0.25, 0.3) is 0 Å². The molecule has 0 fully saturated rings. The van der Waals surface area contributed by atoms with Crippen molar-refractivity contribution in [3.05, 3.63) is 78.9 Å². The second kappa shape index (κ2) is 6.06. The summed E-state index contributed by atoms with van der Waals surface area (Å²) in [6.07, 6.45) is 1.99. The molecule has 0 unspecified atom stereocenters. The van der Waals surface area contributed by atoms with Crippen LogP contribution in [0, 0.1) is 5.92 Å². The Bertz CT molecular complexity index is 475. The highest BCUT2D eigenvalue weighted by atomic mass is 14.9. The molecule has 1 N–H and O–H groups in total. The van der Waals surface area contributed by atoms with Crippen molar-refractivity contribution in [2.75, 3.05) is 5.32 Å². The van der Waals surface area contributed by atoms with E-state index in [9.17, 15) is 0 Å². The van der Waals surface area contributed by atoms with Gasteiger partial charge in [-0.05, 0) is 23.6 Å². The molecule has 0 aromatic heterocycles. The lowest BCUT2D eigenvalue weighted by Crippen LogP contribution is -2.17. The first kappa shape index (κ1) is 12.4. The van der Waals surface area contributed by atoms with Crippen molar-refractivity contribution < 1.29 is 0 Å². The second-order valence-corrected chi connectivity index (χ2v) is 4.49. The third-order valence-electron chi connectivity index (χ3n) is 3.15. The van der Waals surface area contributed by atoms with Crippen LogP contribution in [-0.2, 0) is 0 Å². The predicted molar refractivity (Wildman–Crippen MR) is 78.6 cm³/mol. The van der Waals surface area contributed by atoms with E-state index in [0.717, 1.165) is 5.69 Å². The fraction of sp³-hybridized carbons (Fsp3) is 0.176. The smallest absolute Gasteiger partial charge is 0.0573 e. The summed E-state index contributed by atoms with van der Waals surface area (Å²) in [5.41, 5.74) is 2.42. The SMILES string of the molecule is C=C[C@@H](C)[C@@H](Nc1ccccc1)c1ccccc1. The van der Waals surface area contributed by atoms with Gasteiger partial charge in [0.15, 0.2) is 0 Å². The molecular weight excluding hydrogens is 218 g/mol. The van der Waals surface area contributed by atoms with E-state index in [2.05, 4.69) is 55.2 Å². The van der Waals surface area contributed by atoms with E-state index >= 15 is 0 Å². The van der Waals surface area contributed by atoms with Crippen molar-refractivity contribution in [3.63, 3.8) is 0 Å². The predicted octanol–water partition coefficient (Wildman–Crippen LogP) is 4.66. The Morgan fingerprint density at radius 2 is 1.50 bits per heavy atom. The fourth-order valence-electron chi connectivity index (χ4n) is 2.03. The van der Waals surface area contributed by atoms with E-state index in [1.54, 1.807) is 0 Å². The van der Waals surface area contributed by atoms with Crippen molar-refractivity contribution in [2.45, 2.75) is 13.0 Å². The van der Waals surface area contributed by atoms with Gasteiger partial charge < -0.3 is 5.32 Å². The summed E-state index contributed by atoms with van der Waals surface area (Å²) < 4.78 is 0. The van der Waals surface area contributed by atoms with E-state index < -0.39 is 0 Å². The lowest BCUT2D eigenvalue weighted by molar-refractivity contribution is 0.605. The van der Waals surface area contributed by atoms with Gasteiger partial charge in [-0.15, -0.1) is 6.58 Å². The van der Waals surface area contributed by atoms with E-state index in [4.69, 9.17) is 0 Å². The third-order valence-corrected chi connectivity index (χ3v) is 3.15. The molecule has 0 amide bonds. The molecule has 0 heterocycles. The summed E-state index contributed by atoms with van der Waals surface area (Å²) in [6, 6.07) is 21.0. The summed E-state index contributed by atoms with van der Waals surface area (Å²) >= 11 is 0. The first-order valence-corrected chi connectivity index (χ1v) is 6.30. The molecule has 0 aliphatic rings. The van der Waals surface area contributed by atoms with Crippen molar-refractivity contribution in [1.29, 1.82) is 0 Å². The Balaban J connectivity index is 2.24. The van der Waals surface area contributed by atoms with Gasteiger partial charge in [0.1, 0.15) is 0 Å². The van der Waals surface area contributed by atoms with E-state index in [1.165, 1.54) is 5.56 Å². The molecule has 2 aromatic rings. The normalized spacial score (nSPS) is 13.6. The third kappa shape index (κ3) is 3.01. The van der Waals surface area contributed by atoms with Gasteiger partial charge in [-0.3, -0.25) is 0 Å². The first-order valence-electron chi connectivity index (χ1n) is 6.30. The van der Waals surface area contributed by atoms with E-state index in [-0.39, 0.29) is 6.04 Å². The molecule has 92 valence electrons. The van der Waals surface area contributed by atoms with Gasteiger partial charge in [0.2, 0.25) is 0 Å². The number of benzene rings is 2. The average molecular weight is 237 g/mol. The number of para-hydroxylation sites is 1.